The van der Waals surface area contributed by atoms with E-state index in [0.29, 0.717) is 12.1 Å². The first-order valence-electron chi connectivity index (χ1n) is 8.33. The molecular formula is C17H28N3OP. The lowest BCUT2D eigenvalue weighted by molar-refractivity contribution is -0.203. The molecule has 3 atom stereocenters. The molecule has 1 heterocycles. The van der Waals surface area contributed by atoms with Gasteiger partial charge >= 0.3 is 0 Å². The molecule has 4 nitrogen and oxygen atoms in total. The Morgan fingerprint density at radius 3 is 2.09 bits per heavy atom. The van der Waals surface area contributed by atoms with Crippen molar-refractivity contribution in [2.24, 2.45) is 0 Å². The fourth-order valence-corrected chi connectivity index (χ4v) is 7.42. The lowest BCUT2D eigenvalue weighted by Gasteiger charge is -2.45. The van der Waals surface area contributed by atoms with Crippen molar-refractivity contribution in [3.63, 3.8) is 0 Å². The third kappa shape index (κ3) is 2.42. The maximum Gasteiger partial charge on any atom is 0.185 e. The van der Waals surface area contributed by atoms with Crippen LogP contribution in [0, 0.1) is 0 Å². The lowest BCUT2D eigenvalue weighted by atomic mass is 9.91. The van der Waals surface area contributed by atoms with E-state index in [1.165, 1.54) is 31.2 Å². The topological polar surface area (TPSA) is 32.8 Å². The molecule has 1 aromatic carbocycles. The standard InChI is InChI=1S/C17H28N3OP/c1-14(15-10-6-5-7-11-15)18(2)22(21)19(3)16-12-8-9-13-17(16)20(22)4/h5-7,10-11,14,16-17H,8-9,12-13H2,1-4H3/t14?,16-,17-/m0/s1. The highest BCUT2D eigenvalue weighted by atomic mass is 31.2. The summed E-state index contributed by atoms with van der Waals surface area (Å²) in [5, 5.41) is 0. The van der Waals surface area contributed by atoms with Crippen LogP contribution in [-0.4, -0.2) is 47.2 Å². The maximum absolute atomic E-state index is 13.9. The van der Waals surface area contributed by atoms with Crippen LogP contribution in [0.1, 0.15) is 44.2 Å². The van der Waals surface area contributed by atoms with E-state index in [2.05, 4.69) is 59.3 Å². The van der Waals surface area contributed by atoms with E-state index in [1.54, 1.807) is 0 Å². The second-order valence-electron chi connectivity index (χ2n) is 6.74. The Labute approximate surface area is 135 Å². The fourth-order valence-electron chi connectivity index (χ4n) is 4.19. The summed E-state index contributed by atoms with van der Waals surface area (Å²) >= 11 is 0. The third-order valence-corrected chi connectivity index (χ3v) is 9.13. The zero-order valence-corrected chi connectivity index (χ0v) is 15.0. The number of likely N-dealkylation sites (N-methyl/N-ethyl adjacent to an activating group) is 2. The van der Waals surface area contributed by atoms with Gasteiger partial charge in [0.2, 0.25) is 0 Å². The minimum Gasteiger partial charge on any atom is -0.636 e. The van der Waals surface area contributed by atoms with E-state index in [4.69, 9.17) is 0 Å². The van der Waals surface area contributed by atoms with Crippen LogP contribution in [0.25, 0.3) is 0 Å². The molecule has 1 aliphatic heterocycles. The van der Waals surface area contributed by atoms with Crippen molar-refractivity contribution >= 4 is 7.94 Å². The highest BCUT2D eigenvalue weighted by molar-refractivity contribution is 7.62. The summed E-state index contributed by atoms with van der Waals surface area (Å²) in [6.07, 6.45) is 4.86. The van der Waals surface area contributed by atoms with Gasteiger partial charge in [-0.05, 0) is 25.3 Å². The second kappa shape index (κ2) is 6.18. The smallest absolute Gasteiger partial charge is 0.185 e. The van der Waals surface area contributed by atoms with E-state index in [1.807, 2.05) is 13.1 Å². The summed E-state index contributed by atoms with van der Waals surface area (Å²) in [5.74, 6) is 0. The molecule has 122 valence electrons. The molecule has 1 aliphatic carbocycles. The van der Waals surface area contributed by atoms with Crippen LogP contribution in [-0.2, 0) is 0 Å². The minimum atomic E-state index is -2.67. The number of rotatable bonds is 3. The largest absolute Gasteiger partial charge is 0.636 e. The van der Waals surface area contributed by atoms with Crippen LogP contribution in [0.3, 0.4) is 0 Å². The summed E-state index contributed by atoms with van der Waals surface area (Å²) in [6, 6.07) is 11.4. The molecule has 0 N–H and O–H groups in total. The molecule has 0 bridgehead atoms. The number of benzene rings is 1. The van der Waals surface area contributed by atoms with Crippen LogP contribution in [0.5, 0.6) is 0 Å². The Morgan fingerprint density at radius 1 is 1.09 bits per heavy atom. The predicted molar refractivity (Wildman–Crippen MR) is 91.1 cm³/mol. The van der Waals surface area contributed by atoms with Crippen molar-refractivity contribution in [3.05, 3.63) is 35.9 Å². The summed E-state index contributed by atoms with van der Waals surface area (Å²) < 4.78 is 6.45. The normalized spacial score (nSPS) is 30.5. The van der Waals surface area contributed by atoms with Crippen molar-refractivity contribution < 1.29 is 4.89 Å². The molecule has 0 amide bonds. The van der Waals surface area contributed by atoms with Gasteiger partial charge in [-0.3, -0.25) is 0 Å². The van der Waals surface area contributed by atoms with Crippen LogP contribution in [0.4, 0.5) is 0 Å². The Kier molecular flexibility index (Phi) is 4.59. The molecule has 1 saturated heterocycles. The molecule has 5 heteroatoms. The molecule has 0 spiro atoms. The quantitative estimate of drug-likeness (QED) is 0.802. The van der Waals surface area contributed by atoms with Gasteiger partial charge in [0.05, 0.1) is 18.1 Å². The maximum atomic E-state index is 13.9. The van der Waals surface area contributed by atoms with Gasteiger partial charge < -0.3 is 4.89 Å². The van der Waals surface area contributed by atoms with Gasteiger partial charge in [0, 0.05) is 21.1 Å². The Bertz CT molecular complexity index is 494. The SMILES string of the molecule is CC(c1ccccc1)N(C)[P+]1([O-])N(C)[C@H]2CCCC[C@@H]2N1C. The zero-order valence-electron chi connectivity index (χ0n) is 14.1. The van der Waals surface area contributed by atoms with Gasteiger partial charge in [0.25, 0.3) is 0 Å². The second-order valence-corrected chi connectivity index (χ2v) is 9.66. The molecular weight excluding hydrogens is 293 g/mol. The van der Waals surface area contributed by atoms with E-state index >= 15 is 0 Å². The van der Waals surface area contributed by atoms with Crippen molar-refractivity contribution in [2.75, 3.05) is 21.1 Å². The number of hydrogen-bond donors (Lipinski definition) is 0. The number of fused-ring (bicyclic) bond motifs is 1. The Morgan fingerprint density at radius 2 is 1.59 bits per heavy atom. The van der Waals surface area contributed by atoms with Gasteiger partial charge in [-0.2, -0.15) is 9.34 Å². The summed E-state index contributed by atoms with van der Waals surface area (Å²) in [5.41, 5.74) is 1.22. The molecule has 22 heavy (non-hydrogen) atoms. The van der Waals surface area contributed by atoms with Gasteiger partial charge in [0.1, 0.15) is 0 Å². The molecule has 2 fully saturated rings. The van der Waals surface area contributed by atoms with Crippen LogP contribution in [0.15, 0.2) is 30.3 Å². The number of hydrogen-bond acceptors (Lipinski definition) is 4. The van der Waals surface area contributed by atoms with E-state index in [0.717, 1.165) is 0 Å². The van der Waals surface area contributed by atoms with Gasteiger partial charge in [-0.25, -0.2) is 0 Å². The Balaban J connectivity index is 1.88. The summed E-state index contributed by atoms with van der Waals surface area (Å²) in [4.78, 5) is 13.9. The van der Waals surface area contributed by atoms with E-state index in [-0.39, 0.29) is 6.04 Å². The summed E-state index contributed by atoms with van der Waals surface area (Å²) in [7, 11) is 3.46. The molecule has 1 saturated carbocycles. The predicted octanol–water partition coefficient (Wildman–Crippen LogP) is 2.91. The molecule has 0 radical (unpaired) electrons. The van der Waals surface area contributed by atoms with Crippen LogP contribution >= 0.6 is 7.94 Å². The lowest BCUT2D eigenvalue weighted by Crippen LogP contribution is -2.43. The van der Waals surface area contributed by atoms with Crippen LogP contribution in [0.2, 0.25) is 0 Å². The van der Waals surface area contributed by atoms with Gasteiger partial charge in [0.15, 0.2) is 7.94 Å². The van der Waals surface area contributed by atoms with Gasteiger partial charge in [-0.15, -0.1) is 4.67 Å². The highest BCUT2D eigenvalue weighted by Crippen LogP contribution is 2.68. The fraction of sp³-hybridized carbons (Fsp3) is 0.647. The number of nitrogens with zero attached hydrogens (tertiary/aromatic N) is 3. The van der Waals surface area contributed by atoms with E-state index < -0.39 is 7.94 Å². The highest BCUT2D eigenvalue weighted by Gasteiger charge is 2.58. The monoisotopic (exact) mass is 321 g/mol. The van der Waals surface area contributed by atoms with Crippen molar-refractivity contribution in [3.8, 4) is 0 Å². The van der Waals surface area contributed by atoms with Crippen molar-refractivity contribution in [1.29, 1.82) is 0 Å². The molecule has 0 aromatic heterocycles. The molecule has 3 rings (SSSR count). The summed E-state index contributed by atoms with van der Waals surface area (Å²) in [6.45, 7) is 2.15. The molecule has 1 unspecified atom stereocenters. The molecule has 2 aliphatic rings. The average Bonchev–Trinajstić information content (AvgIpc) is 2.77. The third-order valence-electron chi connectivity index (χ3n) is 5.73. The van der Waals surface area contributed by atoms with Crippen LogP contribution < -0.4 is 4.89 Å². The average molecular weight is 321 g/mol. The van der Waals surface area contributed by atoms with Gasteiger partial charge in [-0.1, -0.05) is 43.2 Å². The zero-order chi connectivity index (χ0) is 15.9. The first-order chi connectivity index (χ1) is 10.5. The Hall–Kier alpha value is -0.510. The van der Waals surface area contributed by atoms with Crippen molar-refractivity contribution in [2.45, 2.75) is 50.7 Å². The minimum absolute atomic E-state index is 0.136. The first kappa shape index (κ1) is 16.4. The van der Waals surface area contributed by atoms with Crippen molar-refractivity contribution in [1.82, 2.24) is 14.0 Å². The molecule has 1 aromatic rings. The first-order valence-corrected chi connectivity index (χ1v) is 9.89. The van der Waals surface area contributed by atoms with E-state index in [9.17, 15) is 4.89 Å².